The molecule has 0 unspecified atom stereocenters. The fourth-order valence-corrected chi connectivity index (χ4v) is 2.20. The molecular weight excluding hydrogens is 226 g/mol. The van der Waals surface area contributed by atoms with E-state index in [4.69, 9.17) is 10.5 Å². The van der Waals surface area contributed by atoms with Crippen molar-refractivity contribution >= 4 is 6.09 Å². The van der Waals surface area contributed by atoms with Crippen LogP contribution in [0.25, 0.3) is 0 Å². The molecule has 0 radical (unpaired) electrons. The summed E-state index contributed by atoms with van der Waals surface area (Å²) in [5, 5.41) is 0. The molecule has 0 aromatic heterocycles. The Morgan fingerprint density at radius 2 is 1.50 bits per heavy atom. The quantitative estimate of drug-likeness (QED) is 0.600. The lowest BCUT2D eigenvalue weighted by Crippen LogP contribution is -2.43. The Morgan fingerprint density at radius 3 is 1.78 bits per heavy atom. The molecule has 3 heteroatoms. The molecule has 0 aliphatic rings. The third kappa shape index (κ3) is 4.62. The van der Waals surface area contributed by atoms with Gasteiger partial charge in [-0.15, -0.1) is 26.3 Å². The molecule has 2 N–H and O–H groups in total. The van der Waals surface area contributed by atoms with Crippen LogP contribution < -0.4 is 5.73 Å². The van der Waals surface area contributed by atoms with Gasteiger partial charge in [0.15, 0.2) is 0 Å². The monoisotopic (exact) mass is 249 g/mol. The molecular formula is C15H23NO2. The molecule has 0 saturated carbocycles. The smallest absolute Gasteiger partial charge is 0.405 e. The Morgan fingerprint density at radius 1 is 1.06 bits per heavy atom. The van der Waals surface area contributed by atoms with Crippen molar-refractivity contribution in [3.05, 3.63) is 50.6 Å². The van der Waals surface area contributed by atoms with Crippen LogP contribution in [0.5, 0.6) is 0 Å². The van der Waals surface area contributed by atoms with Crippen molar-refractivity contribution in [1.29, 1.82) is 0 Å². The van der Waals surface area contributed by atoms with Gasteiger partial charge in [-0.25, -0.2) is 4.79 Å². The first-order chi connectivity index (χ1) is 8.56. The Hall–Kier alpha value is -1.77. The molecule has 0 atom stereocenters. The number of amides is 1. The van der Waals surface area contributed by atoms with Crippen molar-refractivity contribution in [1.82, 2.24) is 0 Å². The molecule has 0 aliphatic heterocycles. The third-order valence-corrected chi connectivity index (χ3v) is 2.93. The predicted octanol–water partition coefficient (Wildman–Crippen LogP) is 3.74. The molecule has 0 aliphatic carbocycles. The van der Waals surface area contributed by atoms with Gasteiger partial charge in [0, 0.05) is 18.8 Å². The summed E-state index contributed by atoms with van der Waals surface area (Å²) in [7, 11) is 0. The third-order valence-electron chi connectivity index (χ3n) is 2.93. The summed E-state index contributed by atoms with van der Waals surface area (Å²) < 4.78 is 5.39. The summed E-state index contributed by atoms with van der Waals surface area (Å²) in [4.78, 5) is 11.2. The van der Waals surface area contributed by atoms with Crippen LogP contribution in [0.3, 0.4) is 0 Å². The van der Waals surface area contributed by atoms with E-state index in [2.05, 4.69) is 26.3 Å². The van der Waals surface area contributed by atoms with Crippen molar-refractivity contribution < 1.29 is 9.53 Å². The van der Waals surface area contributed by atoms with E-state index in [-0.39, 0.29) is 5.92 Å². The number of ether oxygens (including phenoxy) is 1. The average molecular weight is 249 g/mol. The lowest BCUT2D eigenvalue weighted by Gasteiger charge is -2.38. The van der Waals surface area contributed by atoms with E-state index in [1.165, 1.54) is 0 Å². The maximum atomic E-state index is 11.2. The summed E-state index contributed by atoms with van der Waals surface area (Å²) >= 11 is 0. The number of primary amides is 1. The van der Waals surface area contributed by atoms with Gasteiger partial charge in [-0.2, -0.15) is 0 Å². The molecule has 0 rings (SSSR count). The molecule has 0 aromatic carbocycles. The van der Waals surface area contributed by atoms with Crippen LogP contribution in [0, 0.1) is 5.92 Å². The average Bonchev–Trinajstić information content (AvgIpc) is 2.28. The molecule has 0 saturated heterocycles. The summed E-state index contributed by atoms with van der Waals surface area (Å²) in [6, 6.07) is 0. The van der Waals surface area contributed by atoms with E-state index in [1.54, 1.807) is 24.3 Å². The van der Waals surface area contributed by atoms with E-state index in [0.29, 0.717) is 25.7 Å². The van der Waals surface area contributed by atoms with Gasteiger partial charge in [0.25, 0.3) is 0 Å². The first kappa shape index (κ1) is 16.2. The number of hydrogen-bond donors (Lipinski definition) is 1. The number of rotatable bonds is 10. The van der Waals surface area contributed by atoms with Gasteiger partial charge < -0.3 is 10.5 Å². The van der Waals surface area contributed by atoms with Crippen molar-refractivity contribution in [2.75, 3.05) is 0 Å². The number of carbonyl (C=O) groups is 1. The molecule has 18 heavy (non-hydrogen) atoms. The molecule has 0 bridgehead atoms. The minimum absolute atomic E-state index is 0.0657. The molecule has 0 spiro atoms. The predicted molar refractivity (Wildman–Crippen MR) is 76.1 cm³/mol. The SMILES string of the molecule is C=CCC(CC=C)C(CC=C)(CC=C)OC(N)=O. The Labute approximate surface area is 110 Å². The van der Waals surface area contributed by atoms with Crippen LogP contribution in [-0.2, 0) is 4.74 Å². The fourth-order valence-electron chi connectivity index (χ4n) is 2.20. The highest BCUT2D eigenvalue weighted by molar-refractivity contribution is 5.65. The second kappa shape index (κ2) is 8.34. The molecule has 1 amide bonds. The number of allylic oxidation sites excluding steroid dienone is 2. The van der Waals surface area contributed by atoms with Crippen LogP contribution in [0.2, 0.25) is 0 Å². The minimum Gasteiger partial charge on any atom is -0.442 e. The van der Waals surface area contributed by atoms with Gasteiger partial charge in [-0.05, 0) is 12.8 Å². The van der Waals surface area contributed by atoms with Crippen molar-refractivity contribution in [2.24, 2.45) is 11.7 Å². The zero-order chi connectivity index (χ0) is 14.0. The van der Waals surface area contributed by atoms with Crippen molar-refractivity contribution in [2.45, 2.75) is 31.3 Å². The van der Waals surface area contributed by atoms with Crippen LogP contribution in [0.4, 0.5) is 4.79 Å². The van der Waals surface area contributed by atoms with Crippen molar-refractivity contribution in [3.63, 3.8) is 0 Å². The zero-order valence-electron chi connectivity index (χ0n) is 10.9. The number of carbonyl (C=O) groups excluding carboxylic acids is 1. The number of hydrogen-bond acceptors (Lipinski definition) is 2. The highest BCUT2D eigenvalue weighted by Gasteiger charge is 2.38. The Kier molecular flexibility index (Phi) is 7.52. The van der Waals surface area contributed by atoms with E-state index < -0.39 is 11.7 Å². The Balaban J connectivity index is 5.34. The lowest BCUT2D eigenvalue weighted by molar-refractivity contribution is -0.0251. The van der Waals surface area contributed by atoms with Gasteiger partial charge >= 0.3 is 6.09 Å². The summed E-state index contributed by atoms with van der Waals surface area (Å²) in [6.45, 7) is 14.9. The fraction of sp³-hybridized carbons (Fsp3) is 0.400. The van der Waals surface area contributed by atoms with Crippen LogP contribution in [0.15, 0.2) is 50.6 Å². The molecule has 100 valence electrons. The topological polar surface area (TPSA) is 52.3 Å². The maximum absolute atomic E-state index is 11.2. The van der Waals surface area contributed by atoms with Crippen LogP contribution >= 0.6 is 0 Å². The van der Waals surface area contributed by atoms with Gasteiger partial charge in [0.05, 0.1) is 0 Å². The summed E-state index contributed by atoms with van der Waals surface area (Å²) in [5.74, 6) is 0.0657. The van der Waals surface area contributed by atoms with E-state index in [9.17, 15) is 4.79 Å². The Bertz CT molecular complexity index is 300. The highest BCUT2D eigenvalue weighted by atomic mass is 16.6. The van der Waals surface area contributed by atoms with Crippen LogP contribution in [0.1, 0.15) is 25.7 Å². The molecule has 0 fully saturated rings. The second-order valence-electron chi connectivity index (χ2n) is 4.22. The highest BCUT2D eigenvalue weighted by Crippen LogP contribution is 2.36. The van der Waals surface area contributed by atoms with E-state index in [0.717, 1.165) is 0 Å². The van der Waals surface area contributed by atoms with Gasteiger partial charge in [0.2, 0.25) is 0 Å². The minimum atomic E-state index is -0.781. The summed E-state index contributed by atoms with van der Waals surface area (Å²) in [5.41, 5.74) is 4.48. The van der Waals surface area contributed by atoms with Gasteiger partial charge in [-0.3, -0.25) is 0 Å². The first-order valence-electron chi connectivity index (χ1n) is 5.98. The summed E-state index contributed by atoms with van der Waals surface area (Å²) in [6.07, 6.45) is 8.75. The van der Waals surface area contributed by atoms with Gasteiger partial charge in [-0.1, -0.05) is 24.3 Å². The number of nitrogens with two attached hydrogens (primary N) is 1. The second-order valence-corrected chi connectivity index (χ2v) is 4.22. The van der Waals surface area contributed by atoms with Crippen molar-refractivity contribution in [3.8, 4) is 0 Å². The lowest BCUT2D eigenvalue weighted by atomic mass is 9.77. The largest absolute Gasteiger partial charge is 0.442 e. The van der Waals surface area contributed by atoms with Gasteiger partial charge in [0.1, 0.15) is 5.60 Å². The molecule has 0 aromatic rings. The normalized spacial score (nSPS) is 10.7. The molecule has 0 heterocycles. The zero-order valence-corrected chi connectivity index (χ0v) is 10.9. The van der Waals surface area contributed by atoms with E-state index >= 15 is 0 Å². The van der Waals surface area contributed by atoms with E-state index in [1.807, 2.05) is 0 Å². The maximum Gasteiger partial charge on any atom is 0.405 e. The standard InChI is InChI=1S/C15H23NO2/c1-5-9-13(10-6-2)15(11-7-3,12-8-4)18-14(16)17/h5-8,13H,1-4,9-12H2,(H2,16,17). The van der Waals surface area contributed by atoms with Crippen LogP contribution in [-0.4, -0.2) is 11.7 Å². The first-order valence-corrected chi connectivity index (χ1v) is 5.98. The molecule has 3 nitrogen and oxygen atoms in total.